The van der Waals surface area contributed by atoms with Crippen LogP contribution in [0.2, 0.25) is 0 Å². The maximum absolute atomic E-state index is 11.2. The standard InChI is InChI=1S/C11H16N2O4S/c1-3-7(2)13-10-5-4-8(18(12,16)17)6-9(10)11(14)15/h4-7,13H,3H2,1-2H3,(H,14,15)(H2,12,16,17)/t7-/m0/s1. The van der Waals surface area contributed by atoms with Crippen LogP contribution in [0.1, 0.15) is 30.6 Å². The second kappa shape index (κ2) is 5.36. The SMILES string of the molecule is CC[C@H](C)Nc1ccc(S(N)(=O)=O)cc1C(=O)O. The van der Waals surface area contributed by atoms with Gasteiger partial charge in [0.15, 0.2) is 0 Å². The van der Waals surface area contributed by atoms with Gasteiger partial charge in [-0.1, -0.05) is 6.92 Å². The van der Waals surface area contributed by atoms with Crippen LogP contribution in [-0.2, 0) is 10.0 Å². The van der Waals surface area contributed by atoms with E-state index in [1.807, 2.05) is 13.8 Å². The molecular formula is C11H16N2O4S. The van der Waals surface area contributed by atoms with Gasteiger partial charge in [0.05, 0.1) is 10.5 Å². The molecule has 0 amide bonds. The Hall–Kier alpha value is -1.60. The average Bonchev–Trinajstić information content (AvgIpc) is 2.27. The number of hydrogen-bond donors (Lipinski definition) is 3. The summed E-state index contributed by atoms with van der Waals surface area (Å²) in [7, 11) is -3.90. The van der Waals surface area contributed by atoms with Gasteiger partial charge in [0.1, 0.15) is 0 Å². The molecular weight excluding hydrogens is 256 g/mol. The third-order valence-corrected chi connectivity index (χ3v) is 3.48. The van der Waals surface area contributed by atoms with Gasteiger partial charge in [-0.2, -0.15) is 0 Å². The molecule has 0 radical (unpaired) electrons. The molecule has 0 aromatic heterocycles. The fraction of sp³-hybridized carbons (Fsp3) is 0.364. The Kier molecular flexibility index (Phi) is 4.31. The summed E-state index contributed by atoms with van der Waals surface area (Å²) in [4.78, 5) is 10.9. The number of sulfonamides is 1. The van der Waals surface area contributed by atoms with Crippen LogP contribution in [0.4, 0.5) is 5.69 Å². The maximum Gasteiger partial charge on any atom is 0.337 e. The molecule has 0 unspecified atom stereocenters. The molecule has 7 heteroatoms. The fourth-order valence-electron chi connectivity index (χ4n) is 1.37. The van der Waals surface area contributed by atoms with Gasteiger partial charge in [-0.05, 0) is 31.5 Å². The Labute approximate surface area is 106 Å². The minimum atomic E-state index is -3.90. The lowest BCUT2D eigenvalue weighted by atomic mass is 10.1. The molecule has 0 saturated heterocycles. The van der Waals surface area contributed by atoms with E-state index >= 15 is 0 Å². The fourth-order valence-corrected chi connectivity index (χ4v) is 1.91. The van der Waals surface area contributed by atoms with Crippen LogP contribution >= 0.6 is 0 Å². The second-order valence-electron chi connectivity index (χ2n) is 4.01. The Morgan fingerprint density at radius 3 is 2.56 bits per heavy atom. The first-order chi connectivity index (χ1) is 8.25. The van der Waals surface area contributed by atoms with Crippen molar-refractivity contribution in [3.63, 3.8) is 0 Å². The smallest absolute Gasteiger partial charge is 0.337 e. The first-order valence-corrected chi connectivity index (χ1v) is 6.97. The summed E-state index contributed by atoms with van der Waals surface area (Å²) in [6.07, 6.45) is 0.815. The lowest BCUT2D eigenvalue weighted by Gasteiger charge is -2.15. The topological polar surface area (TPSA) is 109 Å². The molecule has 6 nitrogen and oxygen atoms in total. The van der Waals surface area contributed by atoms with E-state index in [9.17, 15) is 13.2 Å². The zero-order valence-electron chi connectivity index (χ0n) is 10.2. The maximum atomic E-state index is 11.2. The number of carboxylic acid groups (broad SMARTS) is 1. The van der Waals surface area contributed by atoms with Crippen molar-refractivity contribution in [1.29, 1.82) is 0 Å². The highest BCUT2D eigenvalue weighted by Crippen LogP contribution is 2.21. The number of anilines is 1. The summed E-state index contributed by atoms with van der Waals surface area (Å²) in [5.74, 6) is -1.20. The molecule has 1 aromatic rings. The Morgan fingerprint density at radius 2 is 2.11 bits per heavy atom. The van der Waals surface area contributed by atoms with Crippen molar-refractivity contribution in [3.05, 3.63) is 23.8 Å². The summed E-state index contributed by atoms with van der Waals surface area (Å²) in [5.41, 5.74) is 0.270. The summed E-state index contributed by atoms with van der Waals surface area (Å²) >= 11 is 0. The van der Waals surface area contributed by atoms with Gasteiger partial charge in [0, 0.05) is 11.7 Å². The zero-order valence-corrected chi connectivity index (χ0v) is 11.0. The molecule has 0 fully saturated rings. The van der Waals surface area contributed by atoms with E-state index in [0.717, 1.165) is 12.5 Å². The number of primary sulfonamides is 1. The van der Waals surface area contributed by atoms with Crippen LogP contribution in [0.3, 0.4) is 0 Å². The minimum absolute atomic E-state index is 0.0865. The highest BCUT2D eigenvalue weighted by atomic mass is 32.2. The van der Waals surface area contributed by atoms with Gasteiger partial charge in [-0.3, -0.25) is 0 Å². The molecule has 0 aliphatic carbocycles. The molecule has 0 heterocycles. The predicted molar refractivity (Wildman–Crippen MR) is 68.2 cm³/mol. The summed E-state index contributed by atoms with van der Waals surface area (Å²) in [6.45, 7) is 3.86. The summed E-state index contributed by atoms with van der Waals surface area (Å²) in [6, 6.07) is 3.84. The van der Waals surface area contributed by atoms with E-state index in [0.29, 0.717) is 5.69 Å². The lowest BCUT2D eigenvalue weighted by molar-refractivity contribution is 0.0697. The van der Waals surface area contributed by atoms with E-state index in [2.05, 4.69) is 5.32 Å². The van der Waals surface area contributed by atoms with Crippen molar-refractivity contribution < 1.29 is 18.3 Å². The Bertz CT molecular complexity index is 554. The van der Waals surface area contributed by atoms with Gasteiger partial charge in [0.25, 0.3) is 0 Å². The normalized spacial score (nSPS) is 13.1. The number of rotatable bonds is 5. The molecule has 1 aromatic carbocycles. The third kappa shape index (κ3) is 3.44. The van der Waals surface area contributed by atoms with Crippen LogP contribution in [0.15, 0.2) is 23.1 Å². The molecule has 4 N–H and O–H groups in total. The lowest BCUT2D eigenvalue weighted by Crippen LogP contribution is -2.18. The van der Waals surface area contributed by atoms with E-state index in [4.69, 9.17) is 10.2 Å². The van der Waals surface area contributed by atoms with Crippen molar-refractivity contribution in [2.24, 2.45) is 5.14 Å². The zero-order chi connectivity index (χ0) is 13.9. The highest BCUT2D eigenvalue weighted by Gasteiger charge is 2.16. The number of aromatic carboxylic acids is 1. The van der Waals surface area contributed by atoms with Crippen LogP contribution in [0.5, 0.6) is 0 Å². The second-order valence-corrected chi connectivity index (χ2v) is 5.57. The van der Waals surface area contributed by atoms with E-state index in [-0.39, 0.29) is 16.5 Å². The number of nitrogens with two attached hydrogens (primary N) is 1. The van der Waals surface area contributed by atoms with E-state index in [1.54, 1.807) is 0 Å². The minimum Gasteiger partial charge on any atom is -0.478 e. The summed E-state index contributed by atoms with van der Waals surface area (Å²) in [5, 5.41) is 17.0. The molecule has 18 heavy (non-hydrogen) atoms. The molecule has 0 saturated carbocycles. The number of nitrogens with one attached hydrogen (secondary N) is 1. The summed E-state index contributed by atoms with van der Waals surface area (Å²) < 4.78 is 22.3. The van der Waals surface area contributed by atoms with E-state index < -0.39 is 16.0 Å². The monoisotopic (exact) mass is 272 g/mol. The molecule has 1 rings (SSSR count). The van der Waals surface area contributed by atoms with Gasteiger partial charge < -0.3 is 10.4 Å². The van der Waals surface area contributed by atoms with Crippen molar-refractivity contribution in [1.82, 2.24) is 0 Å². The average molecular weight is 272 g/mol. The van der Waals surface area contributed by atoms with Crippen LogP contribution < -0.4 is 10.5 Å². The number of hydrogen-bond acceptors (Lipinski definition) is 4. The first-order valence-electron chi connectivity index (χ1n) is 5.42. The predicted octanol–water partition coefficient (Wildman–Crippen LogP) is 1.24. The van der Waals surface area contributed by atoms with E-state index in [1.165, 1.54) is 12.1 Å². The third-order valence-electron chi connectivity index (χ3n) is 2.56. The molecule has 0 bridgehead atoms. The molecule has 0 aliphatic heterocycles. The van der Waals surface area contributed by atoms with Crippen molar-refractivity contribution >= 4 is 21.7 Å². The molecule has 0 aliphatic rings. The number of benzene rings is 1. The number of carboxylic acids is 1. The Balaban J connectivity index is 3.25. The van der Waals surface area contributed by atoms with Crippen LogP contribution in [0.25, 0.3) is 0 Å². The van der Waals surface area contributed by atoms with Gasteiger partial charge in [-0.25, -0.2) is 18.4 Å². The highest BCUT2D eigenvalue weighted by molar-refractivity contribution is 7.89. The molecule has 100 valence electrons. The van der Waals surface area contributed by atoms with Gasteiger partial charge >= 0.3 is 5.97 Å². The van der Waals surface area contributed by atoms with Crippen molar-refractivity contribution in [3.8, 4) is 0 Å². The molecule has 0 spiro atoms. The van der Waals surface area contributed by atoms with Gasteiger partial charge in [-0.15, -0.1) is 0 Å². The van der Waals surface area contributed by atoms with Crippen LogP contribution in [0, 0.1) is 0 Å². The quantitative estimate of drug-likeness (QED) is 0.747. The Morgan fingerprint density at radius 1 is 1.50 bits per heavy atom. The van der Waals surface area contributed by atoms with Crippen molar-refractivity contribution in [2.75, 3.05) is 5.32 Å². The van der Waals surface area contributed by atoms with Crippen molar-refractivity contribution in [2.45, 2.75) is 31.2 Å². The van der Waals surface area contributed by atoms with Gasteiger partial charge in [0.2, 0.25) is 10.0 Å². The largest absolute Gasteiger partial charge is 0.478 e. The number of carbonyl (C=O) groups is 1. The van der Waals surface area contributed by atoms with Crippen LogP contribution in [-0.4, -0.2) is 25.5 Å². The molecule has 1 atom stereocenters. The first kappa shape index (κ1) is 14.5.